The molecule has 0 amide bonds. The number of fused-ring (bicyclic) bond motifs is 2. The number of aryl methyl sites for hydroxylation is 1. The highest BCUT2D eigenvalue weighted by molar-refractivity contribution is 6.05. The number of nitrogens with zero attached hydrogens (tertiary/aromatic N) is 1. The minimum Gasteiger partial charge on any atom is -0.478 e. The number of carboxylic acids is 1. The second kappa shape index (κ2) is 7.59. The van der Waals surface area contributed by atoms with Crippen LogP contribution in [0.4, 0.5) is 0 Å². The Bertz CT molecular complexity index is 1350. The average Bonchev–Trinajstić information content (AvgIpc) is 2.78. The van der Waals surface area contributed by atoms with Gasteiger partial charge in [0.2, 0.25) is 0 Å². The maximum Gasteiger partial charge on any atom is 0.335 e. The Morgan fingerprint density at radius 3 is 2.66 bits per heavy atom. The molecule has 160 valence electrons. The predicted molar refractivity (Wildman–Crippen MR) is 131 cm³/mol. The van der Waals surface area contributed by atoms with Gasteiger partial charge in [-0.3, -0.25) is 4.98 Å². The summed E-state index contributed by atoms with van der Waals surface area (Å²) in [4.78, 5) is 16.5. The molecule has 3 heteroatoms. The summed E-state index contributed by atoms with van der Waals surface area (Å²) in [5.41, 5.74) is 8.33. The van der Waals surface area contributed by atoms with E-state index in [1.165, 1.54) is 16.7 Å². The minimum absolute atomic E-state index is 0.0260. The molecule has 0 saturated carbocycles. The first-order chi connectivity index (χ1) is 15.4. The van der Waals surface area contributed by atoms with Crippen LogP contribution in [0.5, 0.6) is 0 Å². The lowest BCUT2D eigenvalue weighted by atomic mass is 9.71. The zero-order chi connectivity index (χ0) is 22.5. The summed E-state index contributed by atoms with van der Waals surface area (Å²) in [5.74, 6) is -0.862. The van der Waals surface area contributed by atoms with Crippen LogP contribution in [0.1, 0.15) is 61.1 Å². The Hall–Kier alpha value is -3.46. The van der Waals surface area contributed by atoms with Gasteiger partial charge in [-0.05, 0) is 88.4 Å². The molecule has 1 N–H and O–H groups in total. The van der Waals surface area contributed by atoms with Gasteiger partial charge in [0.15, 0.2) is 0 Å². The van der Waals surface area contributed by atoms with E-state index in [-0.39, 0.29) is 5.41 Å². The van der Waals surface area contributed by atoms with Gasteiger partial charge in [0.25, 0.3) is 0 Å². The lowest BCUT2D eigenvalue weighted by Gasteiger charge is -2.33. The second-order valence-electron chi connectivity index (χ2n) is 9.41. The Balaban J connectivity index is 1.81. The van der Waals surface area contributed by atoms with Crippen molar-refractivity contribution in [1.82, 2.24) is 4.98 Å². The van der Waals surface area contributed by atoms with Gasteiger partial charge in [0.1, 0.15) is 0 Å². The minimum atomic E-state index is -0.862. The van der Waals surface area contributed by atoms with E-state index in [4.69, 9.17) is 0 Å². The highest BCUT2D eigenvalue weighted by Gasteiger charge is 2.30. The van der Waals surface area contributed by atoms with Crippen molar-refractivity contribution in [2.24, 2.45) is 0 Å². The van der Waals surface area contributed by atoms with Crippen molar-refractivity contribution < 1.29 is 9.90 Å². The molecule has 32 heavy (non-hydrogen) atoms. The third kappa shape index (κ3) is 3.29. The Labute approximate surface area is 188 Å². The van der Waals surface area contributed by atoms with Crippen molar-refractivity contribution in [2.75, 3.05) is 0 Å². The summed E-state index contributed by atoms with van der Waals surface area (Å²) in [6.45, 7) is 6.64. The number of hydrogen-bond donors (Lipinski definition) is 1. The molecule has 1 heterocycles. The smallest absolute Gasteiger partial charge is 0.335 e. The number of benzene rings is 2. The first-order valence-electron chi connectivity index (χ1n) is 11.2. The van der Waals surface area contributed by atoms with E-state index in [9.17, 15) is 9.90 Å². The van der Waals surface area contributed by atoms with Crippen LogP contribution in [0, 0.1) is 6.92 Å². The van der Waals surface area contributed by atoms with E-state index >= 15 is 0 Å². The Morgan fingerprint density at radius 2 is 1.88 bits per heavy atom. The molecular formula is C29H27NO2. The lowest BCUT2D eigenvalue weighted by molar-refractivity contribution is -0.132. The van der Waals surface area contributed by atoms with Crippen LogP contribution in [-0.2, 0) is 10.2 Å². The van der Waals surface area contributed by atoms with E-state index in [2.05, 4.69) is 62.2 Å². The van der Waals surface area contributed by atoms with Crippen molar-refractivity contribution >= 4 is 27.9 Å². The van der Waals surface area contributed by atoms with Gasteiger partial charge < -0.3 is 5.11 Å². The van der Waals surface area contributed by atoms with Crippen molar-refractivity contribution in [3.05, 3.63) is 100 Å². The quantitative estimate of drug-likeness (QED) is 0.503. The van der Waals surface area contributed by atoms with Crippen LogP contribution >= 0.6 is 0 Å². The van der Waals surface area contributed by atoms with Crippen molar-refractivity contribution in [2.45, 2.75) is 45.4 Å². The molecule has 3 aromatic rings. The predicted octanol–water partition coefficient (Wildman–Crippen LogP) is 6.84. The van der Waals surface area contributed by atoms with Crippen molar-refractivity contribution in [3.8, 4) is 0 Å². The summed E-state index contributed by atoms with van der Waals surface area (Å²) in [6, 6.07) is 15.0. The van der Waals surface area contributed by atoms with Crippen LogP contribution in [-0.4, -0.2) is 16.1 Å². The highest BCUT2D eigenvalue weighted by atomic mass is 16.4. The number of allylic oxidation sites excluding steroid dienone is 3. The van der Waals surface area contributed by atoms with Crippen LogP contribution in [0.25, 0.3) is 21.9 Å². The van der Waals surface area contributed by atoms with E-state index < -0.39 is 5.97 Å². The van der Waals surface area contributed by atoms with E-state index in [1.54, 1.807) is 6.08 Å². The van der Waals surface area contributed by atoms with E-state index in [0.29, 0.717) is 5.57 Å². The van der Waals surface area contributed by atoms with Crippen molar-refractivity contribution in [1.29, 1.82) is 0 Å². The van der Waals surface area contributed by atoms with Gasteiger partial charge in [-0.15, -0.1) is 0 Å². The van der Waals surface area contributed by atoms with Crippen LogP contribution in [0.3, 0.4) is 0 Å². The third-order valence-corrected chi connectivity index (χ3v) is 6.88. The summed E-state index contributed by atoms with van der Waals surface area (Å²) in [5, 5.41) is 12.1. The molecule has 0 saturated heterocycles. The largest absolute Gasteiger partial charge is 0.478 e. The molecule has 1 aromatic heterocycles. The monoisotopic (exact) mass is 421 g/mol. The maximum atomic E-state index is 11.9. The zero-order valence-electron chi connectivity index (χ0n) is 18.8. The number of carboxylic acid groups (broad SMARTS) is 1. The van der Waals surface area contributed by atoms with Gasteiger partial charge >= 0.3 is 5.97 Å². The first kappa shape index (κ1) is 20.4. The third-order valence-electron chi connectivity index (χ3n) is 6.88. The van der Waals surface area contributed by atoms with E-state index in [1.807, 2.05) is 24.4 Å². The highest BCUT2D eigenvalue weighted by Crippen LogP contribution is 2.45. The molecular weight excluding hydrogens is 394 g/mol. The fourth-order valence-electron chi connectivity index (χ4n) is 5.12. The molecule has 0 radical (unpaired) electrons. The van der Waals surface area contributed by atoms with Gasteiger partial charge in [0, 0.05) is 17.5 Å². The second-order valence-corrected chi connectivity index (χ2v) is 9.41. The molecule has 0 unspecified atom stereocenters. The SMILES string of the molecule is Cc1ncccc1C1=CCC(C)(C)c2cc3cccc(C4=C(C(=O)O)C=CCC4)c3cc21. The molecule has 2 aliphatic rings. The summed E-state index contributed by atoms with van der Waals surface area (Å²) in [7, 11) is 0. The Kier molecular flexibility index (Phi) is 4.85. The number of rotatable bonds is 3. The molecule has 5 rings (SSSR count). The van der Waals surface area contributed by atoms with Gasteiger partial charge in [-0.2, -0.15) is 0 Å². The average molecular weight is 422 g/mol. The number of aromatic nitrogens is 1. The summed E-state index contributed by atoms with van der Waals surface area (Å²) >= 11 is 0. The molecule has 0 bridgehead atoms. The standard InChI is InChI=1S/C29H27NO2/c1-18-20(12-7-15-30-18)23-13-14-29(2,3)27-16-19-8-6-11-22(25(19)17-26(23)27)21-9-4-5-10-24(21)28(31)32/h5-8,10-13,15-17H,4,9,14H2,1-3H3,(H,31,32). The van der Waals surface area contributed by atoms with Gasteiger partial charge in [-0.1, -0.05) is 56.3 Å². The van der Waals surface area contributed by atoms with Crippen molar-refractivity contribution in [3.63, 3.8) is 0 Å². The molecule has 2 aliphatic carbocycles. The topological polar surface area (TPSA) is 50.2 Å². The summed E-state index contributed by atoms with van der Waals surface area (Å²) in [6.07, 6.45) is 10.5. The molecule has 2 aromatic carbocycles. The van der Waals surface area contributed by atoms with Crippen LogP contribution < -0.4 is 0 Å². The fraction of sp³-hybridized carbons (Fsp3) is 0.241. The molecule has 0 spiro atoms. The molecule has 0 fully saturated rings. The number of pyridine rings is 1. The fourth-order valence-corrected chi connectivity index (χ4v) is 5.12. The number of aliphatic carboxylic acids is 1. The molecule has 3 nitrogen and oxygen atoms in total. The maximum absolute atomic E-state index is 11.9. The molecule has 0 aliphatic heterocycles. The zero-order valence-corrected chi connectivity index (χ0v) is 18.8. The first-order valence-corrected chi connectivity index (χ1v) is 11.2. The van der Waals surface area contributed by atoms with Crippen LogP contribution in [0.2, 0.25) is 0 Å². The summed E-state index contributed by atoms with van der Waals surface area (Å²) < 4.78 is 0. The molecule has 0 atom stereocenters. The Morgan fingerprint density at radius 1 is 1.06 bits per heavy atom. The number of hydrogen-bond acceptors (Lipinski definition) is 2. The van der Waals surface area contributed by atoms with E-state index in [0.717, 1.165) is 52.4 Å². The number of carbonyl (C=O) groups is 1. The normalized spacial score (nSPS) is 17.3. The lowest BCUT2D eigenvalue weighted by Crippen LogP contribution is -2.22. The van der Waals surface area contributed by atoms with Gasteiger partial charge in [-0.25, -0.2) is 4.79 Å². The van der Waals surface area contributed by atoms with Crippen LogP contribution in [0.15, 0.2) is 72.5 Å². The van der Waals surface area contributed by atoms with Gasteiger partial charge in [0.05, 0.1) is 5.57 Å².